The van der Waals surface area contributed by atoms with E-state index in [4.69, 9.17) is 0 Å². The lowest BCUT2D eigenvalue weighted by Gasteiger charge is -2.40. The van der Waals surface area contributed by atoms with Gasteiger partial charge in [-0.3, -0.25) is 14.9 Å². The molecule has 0 bridgehead atoms. The van der Waals surface area contributed by atoms with Crippen LogP contribution >= 0.6 is 0 Å². The van der Waals surface area contributed by atoms with Crippen LogP contribution in [0.25, 0.3) is 16.3 Å². The molecular formula is C25H22N2O4. The first kappa shape index (κ1) is 19.3. The van der Waals surface area contributed by atoms with Gasteiger partial charge in [-0.25, -0.2) is 0 Å². The summed E-state index contributed by atoms with van der Waals surface area (Å²) in [5.41, 5.74) is 3.20. The van der Waals surface area contributed by atoms with Crippen molar-refractivity contribution in [1.29, 1.82) is 0 Å². The molecule has 2 aliphatic rings. The quantitative estimate of drug-likeness (QED) is 0.411. The molecule has 0 spiro atoms. The highest BCUT2D eigenvalue weighted by Gasteiger charge is 2.42. The maximum atomic E-state index is 13.4. The minimum Gasteiger partial charge on any atom is -0.502 e. The van der Waals surface area contributed by atoms with E-state index in [1.165, 1.54) is 6.07 Å². The highest BCUT2D eigenvalue weighted by atomic mass is 16.6. The number of benzene rings is 3. The third kappa shape index (κ3) is 2.98. The monoisotopic (exact) mass is 414 g/mol. The zero-order chi connectivity index (χ0) is 21.9. The molecule has 0 amide bonds. The summed E-state index contributed by atoms with van der Waals surface area (Å²) in [6.07, 6.45) is 1.10. The first-order valence-electron chi connectivity index (χ1n) is 10.3. The van der Waals surface area contributed by atoms with Gasteiger partial charge in [0.15, 0.2) is 11.5 Å². The van der Waals surface area contributed by atoms with Crippen molar-refractivity contribution in [3.8, 4) is 5.75 Å². The fraction of sp³-hybridized carbons (Fsp3) is 0.240. The van der Waals surface area contributed by atoms with Gasteiger partial charge in [-0.1, -0.05) is 56.3 Å². The summed E-state index contributed by atoms with van der Waals surface area (Å²) >= 11 is 0. The lowest BCUT2D eigenvalue weighted by atomic mass is 9.67. The van der Waals surface area contributed by atoms with Crippen LogP contribution in [0.15, 0.2) is 60.2 Å². The number of hydrogen-bond donors (Lipinski definition) is 2. The predicted molar refractivity (Wildman–Crippen MR) is 120 cm³/mol. The second kappa shape index (κ2) is 6.67. The summed E-state index contributed by atoms with van der Waals surface area (Å²) in [6.45, 7) is 4.17. The maximum absolute atomic E-state index is 13.4. The number of ketones is 1. The number of nitro groups is 1. The molecule has 1 heterocycles. The molecule has 0 radical (unpaired) electrons. The minimum atomic E-state index is -0.646. The lowest BCUT2D eigenvalue weighted by Crippen LogP contribution is -2.33. The van der Waals surface area contributed by atoms with Crippen molar-refractivity contribution in [2.45, 2.75) is 32.7 Å². The van der Waals surface area contributed by atoms with Crippen LogP contribution in [0.1, 0.15) is 43.9 Å². The fourth-order valence-corrected chi connectivity index (χ4v) is 5.00. The maximum Gasteiger partial charge on any atom is 0.311 e. The molecule has 0 aromatic heterocycles. The molecule has 5 rings (SSSR count). The van der Waals surface area contributed by atoms with Gasteiger partial charge in [0.2, 0.25) is 0 Å². The number of carbonyl (C=O) groups excluding carboxylic acids is 1. The minimum absolute atomic E-state index is 0.00763. The number of nitro benzene ring substituents is 1. The topological polar surface area (TPSA) is 92.5 Å². The highest BCUT2D eigenvalue weighted by molar-refractivity contribution is 6.13. The summed E-state index contributed by atoms with van der Waals surface area (Å²) in [5, 5.41) is 27.6. The number of carbonyl (C=O) groups is 1. The summed E-state index contributed by atoms with van der Waals surface area (Å²) in [6, 6.07) is 15.9. The van der Waals surface area contributed by atoms with Crippen LogP contribution in [0.3, 0.4) is 0 Å². The number of phenolic OH excluding ortho intramolecular Hbond substituents is 1. The van der Waals surface area contributed by atoms with E-state index in [1.807, 2.05) is 30.3 Å². The average molecular weight is 414 g/mol. The molecule has 1 atom stereocenters. The van der Waals surface area contributed by atoms with Gasteiger partial charge in [-0.05, 0) is 34.2 Å². The van der Waals surface area contributed by atoms with Crippen molar-refractivity contribution in [2.24, 2.45) is 5.41 Å². The number of hydrogen-bond acceptors (Lipinski definition) is 5. The zero-order valence-electron chi connectivity index (χ0n) is 17.3. The molecule has 6 heteroatoms. The van der Waals surface area contributed by atoms with Gasteiger partial charge in [-0.2, -0.15) is 0 Å². The Kier molecular flexibility index (Phi) is 4.15. The van der Waals surface area contributed by atoms with Gasteiger partial charge in [0.05, 0.1) is 11.0 Å². The Labute approximate surface area is 179 Å². The number of nitrogens with one attached hydrogen (secondary N) is 1. The molecule has 0 fully saturated rings. The second-order valence-electron chi connectivity index (χ2n) is 9.09. The SMILES string of the molecule is CC1(C)CC(=O)C2=C(C1)c1c(ccc3ccccc13)N[C@H]2c1cccc([N+](=O)[O-])c1O. The van der Waals surface area contributed by atoms with Crippen molar-refractivity contribution in [3.63, 3.8) is 0 Å². The van der Waals surface area contributed by atoms with Crippen LogP contribution in [0.5, 0.6) is 5.75 Å². The van der Waals surface area contributed by atoms with E-state index in [2.05, 4.69) is 25.2 Å². The number of phenols is 1. The Morgan fingerprint density at radius 1 is 1.06 bits per heavy atom. The van der Waals surface area contributed by atoms with E-state index >= 15 is 0 Å². The predicted octanol–water partition coefficient (Wildman–Crippen LogP) is 5.76. The number of Topliss-reactive ketones (excluding diaryl/α,β-unsaturated/α-hetero) is 1. The summed E-state index contributed by atoms with van der Waals surface area (Å²) < 4.78 is 0. The first-order chi connectivity index (χ1) is 14.8. The lowest BCUT2D eigenvalue weighted by molar-refractivity contribution is -0.385. The molecule has 3 aromatic rings. The van der Waals surface area contributed by atoms with E-state index in [9.17, 15) is 20.0 Å². The molecule has 3 aromatic carbocycles. The Morgan fingerprint density at radius 3 is 2.61 bits per heavy atom. The number of fused-ring (bicyclic) bond motifs is 4. The Hall–Kier alpha value is -3.67. The first-order valence-corrected chi connectivity index (χ1v) is 10.3. The van der Waals surface area contributed by atoms with Crippen LogP contribution in [0, 0.1) is 15.5 Å². The van der Waals surface area contributed by atoms with E-state index in [-0.39, 0.29) is 16.9 Å². The second-order valence-corrected chi connectivity index (χ2v) is 9.09. The van der Waals surface area contributed by atoms with E-state index in [0.717, 1.165) is 27.6 Å². The van der Waals surface area contributed by atoms with Gasteiger partial charge >= 0.3 is 5.69 Å². The van der Waals surface area contributed by atoms with Gasteiger partial charge in [0, 0.05) is 34.9 Å². The van der Waals surface area contributed by atoms with E-state index in [1.54, 1.807) is 12.1 Å². The van der Waals surface area contributed by atoms with Crippen LogP contribution in [-0.2, 0) is 4.79 Å². The molecular weight excluding hydrogens is 392 g/mol. The third-order valence-electron chi connectivity index (χ3n) is 6.29. The van der Waals surface area contributed by atoms with E-state index in [0.29, 0.717) is 24.0 Å². The molecule has 0 unspecified atom stereocenters. The number of anilines is 1. The summed E-state index contributed by atoms with van der Waals surface area (Å²) in [7, 11) is 0. The average Bonchev–Trinajstić information content (AvgIpc) is 2.71. The molecule has 1 aliphatic heterocycles. The number of allylic oxidation sites excluding steroid dienone is 1. The summed E-state index contributed by atoms with van der Waals surface area (Å²) in [5.74, 6) is -0.396. The molecule has 156 valence electrons. The van der Waals surface area contributed by atoms with Gasteiger partial charge in [0.25, 0.3) is 0 Å². The third-order valence-corrected chi connectivity index (χ3v) is 6.29. The molecule has 1 aliphatic carbocycles. The van der Waals surface area contributed by atoms with Crippen LogP contribution in [-0.4, -0.2) is 15.8 Å². The number of para-hydroxylation sites is 1. The van der Waals surface area contributed by atoms with Crippen LogP contribution in [0.4, 0.5) is 11.4 Å². The van der Waals surface area contributed by atoms with Crippen molar-refractivity contribution < 1.29 is 14.8 Å². The van der Waals surface area contributed by atoms with Crippen molar-refractivity contribution >= 4 is 33.5 Å². The Morgan fingerprint density at radius 2 is 1.84 bits per heavy atom. The smallest absolute Gasteiger partial charge is 0.311 e. The van der Waals surface area contributed by atoms with Gasteiger partial charge < -0.3 is 10.4 Å². The normalized spacial score (nSPS) is 19.5. The Balaban J connectivity index is 1.81. The van der Waals surface area contributed by atoms with Gasteiger partial charge in [0.1, 0.15) is 0 Å². The molecule has 0 saturated carbocycles. The van der Waals surface area contributed by atoms with Crippen molar-refractivity contribution in [3.05, 3.63) is 81.4 Å². The van der Waals surface area contributed by atoms with E-state index < -0.39 is 16.7 Å². The highest BCUT2D eigenvalue weighted by Crippen LogP contribution is 2.53. The van der Waals surface area contributed by atoms with Crippen LogP contribution < -0.4 is 5.32 Å². The number of nitrogens with zero attached hydrogens (tertiary/aromatic N) is 1. The number of aromatic hydroxyl groups is 1. The molecule has 0 saturated heterocycles. The molecule has 31 heavy (non-hydrogen) atoms. The van der Waals surface area contributed by atoms with Crippen LogP contribution in [0.2, 0.25) is 0 Å². The number of rotatable bonds is 2. The van der Waals surface area contributed by atoms with Crippen molar-refractivity contribution in [2.75, 3.05) is 5.32 Å². The van der Waals surface area contributed by atoms with Crippen molar-refractivity contribution in [1.82, 2.24) is 0 Å². The fourth-order valence-electron chi connectivity index (χ4n) is 5.00. The standard InChI is InChI=1S/C25H22N2O4/c1-25(2)12-17-21-15-7-4-3-6-14(15)10-11-18(21)26-23(22(17)20(28)13-25)16-8-5-9-19(24(16)29)27(30)31/h3-11,23,26,29H,12-13H2,1-2H3/t23-/m0/s1. The molecule has 2 N–H and O–H groups in total. The largest absolute Gasteiger partial charge is 0.502 e. The summed E-state index contributed by atoms with van der Waals surface area (Å²) in [4.78, 5) is 24.2. The zero-order valence-corrected chi connectivity index (χ0v) is 17.3. The molecule has 6 nitrogen and oxygen atoms in total. The van der Waals surface area contributed by atoms with Gasteiger partial charge in [-0.15, -0.1) is 0 Å². The Bertz CT molecular complexity index is 1310.